The van der Waals surface area contributed by atoms with E-state index in [1.54, 1.807) is 0 Å². The molecule has 17 heavy (non-hydrogen) atoms. The molecule has 0 aliphatic heterocycles. The number of aryl methyl sites for hydroxylation is 2. The molecule has 0 saturated heterocycles. The van der Waals surface area contributed by atoms with Crippen LogP contribution in [0, 0.1) is 13.8 Å². The molecule has 0 heterocycles. The molecule has 0 aliphatic carbocycles. The van der Waals surface area contributed by atoms with Crippen molar-refractivity contribution < 1.29 is 4.74 Å². The topological polar surface area (TPSA) is 35.2 Å². The number of benzene rings is 1. The van der Waals surface area contributed by atoms with E-state index in [0.717, 1.165) is 31.6 Å². The summed E-state index contributed by atoms with van der Waals surface area (Å²) in [5, 5.41) is 0. The molecule has 1 aromatic rings. The molecule has 1 unspecified atom stereocenters. The number of hydrogen-bond donors (Lipinski definition) is 1. The first-order valence-electron chi connectivity index (χ1n) is 6.53. The molecule has 1 atom stereocenters. The molecule has 0 bridgehead atoms. The van der Waals surface area contributed by atoms with Crippen LogP contribution in [-0.4, -0.2) is 12.6 Å². The fraction of sp³-hybridized carbons (Fsp3) is 0.600. The molecular formula is C15H25NO. The zero-order chi connectivity index (χ0) is 12.8. The van der Waals surface area contributed by atoms with Gasteiger partial charge in [0.1, 0.15) is 5.75 Å². The first kappa shape index (κ1) is 14.0. The summed E-state index contributed by atoms with van der Waals surface area (Å²) < 4.78 is 5.55. The van der Waals surface area contributed by atoms with E-state index in [1.807, 2.05) is 6.92 Å². The quantitative estimate of drug-likeness (QED) is 0.820. The first-order valence-corrected chi connectivity index (χ1v) is 6.53. The monoisotopic (exact) mass is 235 g/mol. The second-order valence-corrected chi connectivity index (χ2v) is 4.84. The Labute approximate surface area is 105 Å². The van der Waals surface area contributed by atoms with Gasteiger partial charge in [-0.25, -0.2) is 0 Å². The minimum Gasteiger partial charge on any atom is -0.494 e. The summed E-state index contributed by atoms with van der Waals surface area (Å²) in [6.07, 6.45) is 3.37. The Kier molecular flexibility index (Phi) is 5.49. The standard InChI is InChI=1S/C15H25NO/c1-5-17-14-9-11(2)15(12(3)10-14)8-6-7-13(4)16/h9-10,13H,5-8,16H2,1-4H3. The van der Waals surface area contributed by atoms with Crippen LogP contribution in [0.25, 0.3) is 0 Å². The summed E-state index contributed by atoms with van der Waals surface area (Å²) in [7, 11) is 0. The van der Waals surface area contributed by atoms with E-state index in [4.69, 9.17) is 10.5 Å². The fourth-order valence-corrected chi connectivity index (χ4v) is 2.20. The van der Waals surface area contributed by atoms with Gasteiger partial charge in [-0.05, 0) is 75.8 Å². The van der Waals surface area contributed by atoms with E-state index >= 15 is 0 Å². The molecule has 0 amide bonds. The lowest BCUT2D eigenvalue weighted by Gasteiger charge is -2.13. The Bertz CT molecular complexity index is 335. The van der Waals surface area contributed by atoms with Crippen LogP contribution >= 0.6 is 0 Å². The van der Waals surface area contributed by atoms with Gasteiger partial charge in [-0.2, -0.15) is 0 Å². The van der Waals surface area contributed by atoms with Gasteiger partial charge in [0, 0.05) is 6.04 Å². The molecule has 1 aromatic carbocycles. The van der Waals surface area contributed by atoms with Crippen LogP contribution in [0.1, 0.15) is 43.4 Å². The molecule has 0 fully saturated rings. The highest BCUT2D eigenvalue weighted by molar-refractivity contribution is 5.41. The molecule has 96 valence electrons. The molecule has 0 saturated carbocycles. The van der Waals surface area contributed by atoms with Crippen molar-refractivity contribution in [2.75, 3.05) is 6.61 Å². The van der Waals surface area contributed by atoms with Crippen LogP contribution in [0.4, 0.5) is 0 Å². The van der Waals surface area contributed by atoms with Crippen molar-refractivity contribution in [1.82, 2.24) is 0 Å². The molecule has 1 rings (SSSR count). The maximum absolute atomic E-state index is 5.78. The number of hydrogen-bond acceptors (Lipinski definition) is 2. The van der Waals surface area contributed by atoms with E-state index in [2.05, 4.69) is 32.9 Å². The maximum atomic E-state index is 5.78. The molecule has 0 aliphatic rings. The highest BCUT2D eigenvalue weighted by Gasteiger charge is 2.06. The zero-order valence-electron chi connectivity index (χ0n) is 11.5. The molecule has 0 radical (unpaired) electrons. The summed E-state index contributed by atoms with van der Waals surface area (Å²) in [5.41, 5.74) is 9.89. The van der Waals surface area contributed by atoms with Crippen LogP contribution < -0.4 is 10.5 Å². The van der Waals surface area contributed by atoms with Gasteiger partial charge in [-0.15, -0.1) is 0 Å². The van der Waals surface area contributed by atoms with Crippen molar-refractivity contribution in [3.63, 3.8) is 0 Å². The van der Waals surface area contributed by atoms with Gasteiger partial charge in [-0.3, -0.25) is 0 Å². The van der Waals surface area contributed by atoms with Crippen LogP contribution in [0.15, 0.2) is 12.1 Å². The SMILES string of the molecule is CCOc1cc(C)c(CCCC(C)N)c(C)c1. The summed E-state index contributed by atoms with van der Waals surface area (Å²) in [6, 6.07) is 4.58. The van der Waals surface area contributed by atoms with Gasteiger partial charge >= 0.3 is 0 Å². The summed E-state index contributed by atoms with van der Waals surface area (Å²) in [4.78, 5) is 0. The second kappa shape index (κ2) is 6.65. The van der Waals surface area contributed by atoms with Crippen molar-refractivity contribution in [2.24, 2.45) is 5.73 Å². The number of ether oxygens (including phenoxy) is 1. The number of nitrogens with two attached hydrogens (primary N) is 1. The summed E-state index contributed by atoms with van der Waals surface area (Å²) >= 11 is 0. The molecule has 2 nitrogen and oxygen atoms in total. The summed E-state index contributed by atoms with van der Waals surface area (Å²) in [6.45, 7) is 9.13. The maximum Gasteiger partial charge on any atom is 0.119 e. The normalized spacial score (nSPS) is 12.5. The Morgan fingerprint density at radius 3 is 2.29 bits per heavy atom. The molecule has 2 N–H and O–H groups in total. The van der Waals surface area contributed by atoms with Gasteiger partial charge in [0.05, 0.1) is 6.61 Å². The smallest absolute Gasteiger partial charge is 0.119 e. The highest BCUT2D eigenvalue weighted by Crippen LogP contribution is 2.23. The van der Waals surface area contributed by atoms with Gasteiger partial charge < -0.3 is 10.5 Å². The predicted molar refractivity (Wildman–Crippen MR) is 73.7 cm³/mol. The van der Waals surface area contributed by atoms with Crippen LogP contribution in [0.5, 0.6) is 5.75 Å². The third-order valence-corrected chi connectivity index (χ3v) is 3.07. The Balaban J connectivity index is 2.72. The third-order valence-electron chi connectivity index (χ3n) is 3.07. The van der Waals surface area contributed by atoms with Gasteiger partial charge in [0.15, 0.2) is 0 Å². The highest BCUT2D eigenvalue weighted by atomic mass is 16.5. The third kappa shape index (κ3) is 4.39. The van der Waals surface area contributed by atoms with E-state index in [0.29, 0.717) is 6.04 Å². The molecular weight excluding hydrogens is 210 g/mol. The fourth-order valence-electron chi connectivity index (χ4n) is 2.20. The zero-order valence-corrected chi connectivity index (χ0v) is 11.5. The average molecular weight is 235 g/mol. The molecule has 2 heteroatoms. The minimum absolute atomic E-state index is 0.304. The second-order valence-electron chi connectivity index (χ2n) is 4.84. The molecule has 0 spiro atoms. The predicted octanol–water partition coefficient (Wildman–Crippen LogP) is 3.37. The summed E-state index contributed by atoms with van der Waals surface area (Å²) in [5.74, 6) is 0.985. The minimum atomic E-state index is 0.304. The largest absolute Gasteiger partial charge is 0.494 e. The van der Waals surface area contributed by atoms with Crippen LogP contribution in [0.2, 0.25) is 0 Å². The van der Waals surface area contributed by atoms with Crippen LogP contribution in [0.3, 0.4) is 0 Å². The van der Waals surface area contributed by atoms with Crippen molar-refractivity contribution in [3.05, 3.63) is 28.8 Å². The van der Waals surface area contributed by atoms with Crippen molar-refractivity contribution in [1.29, 1.82) is 0 Å². The van der Waals surface area contributed by atoms with Crippen molar-refractivity contribution in [2.45, 2.75) is 53.0 Å². The van der Waals surface area contributed by atoms with Gasteiger partial charge in [0.25, 0.3) is 0 Å². The van der Waals surface area contributed by atoms with E-state index in [9.17, 15) is 0 Å². The first-order chi connectivity index (χ1) is 8.04. The average Bonchev–Trinajstić information content (AvgIpc) is 2.22. The van der Waals surface area contributed by atoms with Gasteiger partial charge in [0.2, 0.25) is 0 Å². The van der Waals surface area contributed by atoms with Crippen LogP contribution in [-0.2, 0) is 6.42 Å². The Morgan fingerprint density at radius 1 is 1.24 bits per heavy atom. The lowest BCUT2D eigenvalue weighted by Crippen LogP contribution is -2.14. The lowest BCUT2D eigenvalue weighted by atomic mass is 9.96. The van der Waals surface area contributed by atoms with E-state index in [1.165, 1.54) is 16.7 Å². The van der Waals surface area contributed by atoms with Crippen molar-refractivity contribution >= 4 is 0 Å². The van der Waals surface area contributed by atoms with E-state index < -0.39 is 0 Å². The van der Waals surface area contributed by atoms with Gasteiger partial charge in [-0.1, -0.05) is 0 Å². The number of rotatable bonds is 6. The molecule has 0 aromatic heterocycles. The Hall–Kier alpha value is -1.02. The lowest BCUT2D eigenvalue weighted by molar-refractivity contribution is 0.339. The van der Waals surface area contributed by atoms with E-state index in [-0.39, 0.29) is 0 Å². The Morgan fingerprint density at radius 2 is 1.82 bits per heavy atom. The van der Waals surface area contributed by atoms with Crippen molar-refractivity contribution in [3.8, 4) is 5.75 Å².